The molecule has 0 aliphatic rings. The van der Waals surface area contributed by atoms with Gasteiger partial charge in [-0.15, -0.1) is 0 Å². The van der Waals surface area contributed by atoms with E-state index in [4.69, 9.17) is 5.73 Å². The average molecular weight is 533 g/mol. The van der Waals surface area contributed by atoms with Gasteiger partial charge in [0.1, 0.15) is 29.9 Å². The maximum atomic E-state index is 13.3. The summed E-state index contributed by atoms with van der Waals surface area (Å²) in [5, 5.41) is 36.5. The molecule has 2 rings (SSSR count). The van der Waals surface area contributed by atoms with Gasteiger partial charge in [-0.05, 0) is 30.5 Å². The van der Waals surface area contributed by atoms with Crippen LogP contribution in [0.2, 0.25) is 0 Å². The van der Waals surface area contributed by atoms with E-state index in [2.05, 4.69) is 25.9 Å². The van der Waals surface area contributed by atoms with Crippen molar-refractivity contribution in [2.75, 3.05) is 0 Å². The number of H-pyrrole nitrogens is 1. The summed E-state index contributed by atoms with van der Waals surface area (Å²) in [7, 11) is 0. The molecule has 0 saturated carbocycles. The molecule has 1 aromatic heterocycles. The number of imidazole rings is 1. The van der Waals surface area contributed by atoms with E-state index in [1.165, 1.54) is 31.6 Å². The van der Waals surface area contributed by atoms with E-state index in [0.717, 1.165) is 0 Å². The number of aromatic amines is 1. The second-order valence-corrected chi connectivity index (χ2v) is 9.25. The topological polar surface area (TPSA) is 220 Å². The fourth-order valence-corrected chi connectivity index (χ4v) is 3.60. The van der Waals surface area contributed by atoms with Gasteiger partial charge >= 0.3 is 5.97 Å². The molecule has 208 valence electrons. The summed E-state index contributed by atoms with van der Waals surface area (Å²) in [4.78, 5) is 57.5. The number of carboxylic acids is 1. The van der Waals surface area contributed by atoms with Gasteiger partial charge in [-0.25, -0.2) is 9.78 Å². The first-order valence-corrected chi connectivity index (χ1v) is 12.3. The highest BCUT2D eigenvalue weighted by Crippen LogP contribution is 2.14. The standard InChI is InChI=1S/C25H36N6O7/c1-4-13(2)21(31-23(35)20(26)14(3)32)24(36)29-18(9-15-5-7-17(33)8-6-15)22(34)30-19(25(37)38)10-16-11-27-12-28-16/h5-8,11-14,18-21,32-33H,4,9-10,26H2,1-3H3,(H,27,28)(H,29,36)(H,30,34)(H,31,35)(H,37,38). The van der Waals surface area contributed by atoms with Crippen LogP contribution >= 0.6 is 0 Å². The Morgan fingerprint density at radius 3 is 2.13 bits per heavy atom. The quantitative estimate of drug-likeness (QED) is 0.152. The van der Waals surface area contributed by atoms with Crippen molar-refractivity contribution in [1.29, 1.82) is 0 Å². The summed E-state index contributed by atoms with van der Waals surface area (Å²) in [5.74, 6) is -3.79. The highest BCUT2D eigenvalue weighted by atomic mass is 16.4. The van der Waals surface area contributed by atoms with Crippen molar-refractivity contribution < 1.29 is 34.5 Å². The van der Waals surface area contributed by atoms with Gasteiger partial charge in [0.05, 0.1) is 12.4 Å². The van der Waals surface area contributed by atoms with Gasteiger partial charge in [-0.1, -0.05) is 32.4 Å². The van der Waals surface area contributed by atoms with Crippen LogP contribution in [0.1, 0.15) is 38.4 Å². The van der Waals surface area contributed by atoms with E-state index in [1.54, 1.807) is 19.1 Å². The predicted molar refractivity (Wildman–Crippen MR) is 137 cm³/mol. The van der Waals surface area contributed by atoms with Crippen molar-refractivity contribution in [2.24, 2.45) is 11.7 Å². The maximum absolute atomic E-state index is 13.3. The Morgan fingerprint density at radius 1 is 0.974 bits per heavy atom. The minimum Gasteiger partial charge on any atom is -0.508 e. The lowest BCUT2D eigenvalue weighted by molar-refractivity contribution is -0.142. The molecule has 0 aliphatic heterocycles. The molecular weight excluding hydrogens is 496 g/mol. The van der Waals surface area contributed by atoms with Crippen LogP contribution < -0.4 is 21.7 Å². The first kappa shape index (κ1) is 30.3. The molecule has 13 heteroatoms. The zero-order chi connectivity index (χ0) is 28.4. The average Bonchev–Trinajstić information content (AvgIpc) is 3.39. The van der Waals surface area contributed by atoms with E-state index < -0.39 is 54.0 Å². The van der Waals surface area contributed by atoms with Gasteiger partial charge in [0.15, 0.2) is 0 Å². The Bertz CT molecular complexity index is 1070. The number of amides is 3. The van der Waals surface area contributed by atoms with Crippen molar-refractivity contribution in [2.45, 2.75) is 70.3 Å². The van der Waals surface area contributed by atoms with Gasteiger partial charge < -0.3 is 42.0 Å². The number of aliphatic carboxylic acids is 1. The number of nitrogens with zero attached hydrogens (tertiary/aromatic N) is 1. The summed E-state index contributed by atoms with van der Waals surface area (Å²) >= 11 is 0. The number of hydrogen-bond acceptors (Lipinski definition) is 8. The lowest BCUT2D eigenvalue weighted by Gasteiger charge is -2.28. The molecule has 13 nitrogen and oxygen atoms in total. The number of carboxylic acid groups (broad SMARTS) is 1. The van der Waals surface area contributed by atoms with Crippen molar-refractivity contribution in [3.05, 3.63) is 48.0 Å². The summed E-state index contributed by atoms with van der Waals surface area (Å²) in [5.41, 5.74) is 6.79. The molecule has 38 heavy (non-hydrogen) atoms. The van der Waals surface area contributed by atoms with Crippen LogP contribution in [-0.2, 0) is 32.0 Å². The number of benzene rings is 1. The number of nitrogens with one attached hydrogen (secondary N) is 4. The number of phenolic OH excluding ortho intramolecular Hbond substituents is 1. The van der Waals surface area contributed by atoms with Crippen LogP contribution in [0.15, 0.2) is 36.8 Å². The number of aromatic hydroxyl groups is 1. The second-order valence-electron chi connectivity index (χ2n) is 9.25. The summed E-state index contributed by atoms with van der Waals surface area (Å²) < 4.78 is 0. The molecule has 0 radical (unpaired) electrons. The fraction of sp³-hybridized carbons (Fsp3) is 0.480. The third kappa shape index (κ3) is 8.85. The van der Waals surface area contributed by atoms with Gasteiger partial charge in [0, 0.05) is 24.7 Å². The van der Waals surface area contributed by atoms with Crippen molar-refractivity contribution in [3.63, 3.8) is 0 Å². The van der Waals surface area contributed by atoms with Crippen LogP contribution in [0, 0.1) is 5.92 Å². The zero-order valence-electron chi connectivity index (χ0n) is 21.5. The van der Waals surface area contributed by atoms with Crippen LogP contribution in [0.5, 0.6) is 5.75 Å². The first-order chi connectivity index (χ1) is 17.9. The third-order valence-corrected chi connectivity index (χ3v) is 6.22. The smallest absolute Gasteiger partial charge is 0.326 e. The molecule has 1 aromatic carbocycles. The molecule has 0 aliphatic carbocycles. The largest absolute Gasteiger partial charge is 0.508 e. The Balaban J connectivity index is 2.28. The van der Waals surface area contributed by atoms with Gasteiger partial charge in [0.2, 0.25) is 17.7 Å². The maximum Gasteiger partial charge on any atom is 0.326 e. The number of rotatable bonds is 14. The van der Waals surface area contributed by atoms with E-state index in [9.17, 15) is 34.5 Å². The minimum absolute atomic E-state index is 0.0123. The Morgan fingerprint density at radius 2 is 1.61 bits per heavy atom. The van der Waals surface area contributed by atoms with Crippen molar-refractivity contribution in [1.82, 2.24) is 25.9 Å². The van der Waals surface area contributed by atoms with Crippen LogP contribution in [0.3, 0.4) is 0 Å². The predicted octanol–water partition coefficient (Wildman–Crippen LogP) is -0.806. The van der Waals surface area contributed by atoms with Crippen LogP contribution in [0.25, 0.3) is 0 Å². The Hall–Kier alpha value is -3.97. The second kappa shape index (κ2) is 14.1. The molecule has 2 aromatic rings. The lowest BCUT2D eigenvalue weighted by atomic mass is 9.96. The number of carbonyl (C=O) groups excluding carboxylic acids is 3. The molecule has 0 bridgehead atoms. The van der Waals surface area contributed by atoms with E-state index in [0.29, 0.717) is 17.7 Å². The first-order valence-electron chi connectivity index (χ1n) is 12.3. The third-order valence-electron chi connectivity index (χ3n) is 6.22. The molecular formula is C25H36N6O7. The highest BCUT2D eigenvalue weighted by molar-refractivity contribution is 5.94. The van der Waals surface area contributed by atoms with E-state index >= 15 is 0 Å². The summed E-state index contributed by atoms with van der Waals surface area (Å²) in [6, 6.07) is 1.11. The fourth-order valence-electron chi connectivity index (χ4n) is 3.60. The highest BCUT2D eigenvalue weighted by Gasteiger charge is 2.33. The zero-order valence-corrected chi connectivity index (χ0v) is 21.5. The molecule has 3 amide bonds. The van der Waals surface area contributed by atoms with Gasteiger partial charge in [-0.2, -0.15) is 0 Å². The number of phenols is 1. The van der Waals surface area contributed by atoms with Crippen molar-refractivity contribution in [3.8, 4) is 5.75 Å². The molecule has 9 N–H and O–H groups in total. The number of hydrogen-bond donors (Lipinski definition) is 8. The minimum atomic E-state index is -1.31. The van der Waals surface area contributed by atoms with Gasteiger partial charge in [-0.3, -0.25) is 14.4 Å². The van der Waals surface area contributed by atoms with E-state index in [1.807, 2.05) is 6.92 Å². The number of aliphatic hydroxyl groups is 1. The van der Waals surface area contributed by atoms with E-state index in [-0.39, 0.29) is 24.5 Å². The summed E-state index contributed by atoms with van der Waals surface area (Å²) in [6.07, 6.45) is 2.09. The van der Waals surface area contributed by atoms with Crippen molar-refractivity contribution >= 4 is 23.7 Å². The molecule has 0 saturated heterocycles. The molecule has 0 fully saturated rings. The summed E-state index contributed by atoms with van der Waals surface area (Å²) in [6.45, 7) is 4.90. The Labute approximate surface area is 220 Å². The monoisotopic (exact) mass is 532 g/mol. The molecule has 6 unspecified atom stereocenters. The normalized spacial score (nSPS) is 15.8. The van der Waals surface area contributed by atoms with Crippen LogP contribution in [-0.4, -0.2) is 79.2 Å². The molecule has 0 spiro atoms. The molecule has 6 atom stereocenters. The SMILES string of the molecule is CCC(C)C(NC(=O)C(N)C(C)O)C(=O)NC(Cc1ccc(O)cc1)C(=O)NC(Cc1cnc[nH]1)C(=O)O. The lowest BCUT2D eigenvalue weighted by Crippen LogP contribution is -2.60. The number of nitrogens with two attached hydrogens (primary N) is 1. The number of aliphatic hydroxyl groups excluding tert-OH is 1. The van der Waals surface area contributed by atoms with Gasteiger partial charge in [0.25, 0.3) is 0 Å². The number of carbonyl (C=O) groups is 4. The molecule has 1 heterocycles. The Kier molecular flexibility index (Phi) is 11.2. The number of aromatic nitrogens is 2. The van der Waals surface area contributed by atoms with Crippen LogP contribution in [0.4, 0.5) is 0 Å².